The normalized spacial score (nSPS) is 34.2. The van der Waals surface area contributed by atoms with Gasteiger partial charge in [-0.25, -0.2) is 0 Å². The van der Waals surface area contributed by atoms with E-state index in [0.717, 1.165) is 6.42 Å². The predicted molar refractivity (Wildman–Crippen MR) is 72.7 cm³/mol. The van der Waals surface area contributed by atoms with Crippen LogP contribution in [-0.2, 0) is 14.3 Å². The number of ether oxygens (including phenoxy) is 1. The third kappa shape index (κ3) is 2.67. The molecule has 1 heterocycles. The van der Waals surface area contributed by atoms with E-state index < -0.39 is 11.4 Å². The molecule has 3 N–H and O–H groups in total. The summed E-state index contributed by atoms with van der Waals surface area (Å²) in [6, 6.07) is 0. The number of hydrogen-bond donors (Lipinski definition) is 2. The van der Waals surface area contributed by atoms with E-state index in [0.29, 0.717) is 38.6 Å². The predicted octanol–water partition coefficient (Wildman–Crippen LogP) is 0.0304. The number of carbonyl (C=O) groups excluding carboxylic acids is 2. The van der Waals surface area contributed by atoms with Crippen molar-refractivity contribution < 1.29 is 19.4 Å². The molecule has 0 aromatic carbocycles. The van der Waals surface area contributed by atoms with E-state index in [1.165, 1.54) is 7.11 Å². The van der Waals surface area contributed by atoms with Gasteiger partial charge >= 0.3 is 0 Å². The molecule has 1 saturated carbocycles. The summed E-state index contributed by atoms with van der Waals surface area (Å²) in [5.41, 5.74) is 4.56. The number of likely N-dealkylation sites (tertiary alicyclic amines) is 1. The second-order valence-corrected chi connectivity index (χ2v) is 5.93. The minimum atomic E-state index is -0.984. The Morgan fingerprint density at radius 3 is 2.55 bits per heavy atom. The maximum absolute atomic E-state index is 12.7. The molecule has 2 aliphatic rings. The number of nitrogens with zero attached hydrogens (tertiary/aromatic N) is 1. The van der Waals surface area contributed by atoms with E-state index in [9.17, 15) is 14.7 Å². The molecule has 1 aliphatic carbocycles. The van der Waals surface area contributed by atoms with Gasteiger partial charge in [0.25, 0.3) is 0 Å². The smallest absolute Gasteiger partial charge is 0.245 e. The highest BCUT2D eigenvalue weighted by atomic mass is 16.5. The highest BCUT2D eigenvalue weighted by Crippen LogP contribution is 2.34. The van der Waals surface area contributed by atoms with Crippen LogP contribution in [0.3, 0.4) is 0 Å². The number of hydrogen-bond acceptors (Lipinski definition) is 4. The van der Waals surface area contributed by atoms with Gasteiger partial charge in [0.1, 0.15) is 5.54 Å². The van der Waals surface area contributed by atoms with Gasteiger partial charge in [-0.2, -0.15) is 0 Å². The molecular weight excluding hydrogens is 260 g/mol. The number of aliphatic hydroxyl groups is 1. The fourth-order valence-electron chi connectivity index (χ4n) is 3.46. The monoisotopic (exact) mass is 284 g/mol. The van der Waals surface area contributed by atoms with Gasteiger partial charge < -0.3 is 20.5 Å². The summed E-state index contributed by atoms with van der Waals surface area (Å²) < 4.78 is 5.14. The Morgan fingerprint density at radius 1 is 1.35 bits per heavy atom. The number of rotatable bonds is 4. The van der Waals surface area contributed by atoms with E-state index in [2.05, 4.69) is 0 Å². The molecule has 1 unspecified atom stereocenters. The molecule has 0 spiro atoms. The van der Waals surface area contributed by atoms with Gasteiger partial charge in [-0.05, 0) is 38.5 Å². The van der Waals surface area contributed by atoms with Crippen molar-refractivity contribution in [3.63, 3.8) is 0 Å². The molecule has 114 valence electrons. The number of nitrogens with two attached hydrogens (primary N) is 1. The Labute approximate surface area is 119 Å². The number of methoxy groups -OCH3 is 1. The molecule has 1 atom stereocenters. The minimum Gasteiger partial charge on any atom is -0.393 e. The number of primary amides is 1. The average Bonchev–Trinajstić information content (AvgIpc) is 2.84. The van der Waals surface area contributed by atoms with Gasteiger partial charge in [-0.15, -0.1) is 0 Å². The SMILES string of the molecule is COCC1(C(N)=O)CCCN1C(=O)C1CCC(O)CC1. The van der Waals surface area contributed by atoms with Gasteiger partial charge in [0.05, 0.1) is 12.7 Å². The van der Waals surface area contributed by atoms with Crippen molar-refractivity contribution in [2.75, 3.05) is 20.3 Å². The molecule has 1 aliphatic heterocycles. The molecule has 6 nitrogen and oxygen atoms in total. The molecule has 6 heteroatoms. The van der Waals surface area contributed by atoms with Crippen LogP contribution in [0.1, 0.15) is 38.5 Å². The van der Waals surface area contributed by atoms with Crippen LogP contribution in [0.4, 0.5) is 0 Å². The maximum atomic E-state index is 12.7. The second-order valence-electron chi connectivity index (χ2n) is 5.93. The largest absolute Gasteiger partial charge is 0.393 e. The van der Waals surface area contributed by atoms with Crippen molar-refractivity contribution in [2.45, 2.75) is 50.2 Å². The quantitative estimate of drug-likeness (QED) is 0.761. The highest BCUT2D eigenvalue weighted by Gasteiger charge is 2.50. The van der Waals surface area contributed by atoms with Crippen molar-refractivity contribution in [1.82, 2.24) is 4.90 Å². The average molecular weight is 284 g/mol. The summed E-state index contributed by atoms with van der Waals surface area (Å²) >= 11 is 0. The molecule has 0 aromatic heterocycles. The molecule has 1 saturated heterocycles. The zero-order chi connectivity index (χ0) is 14.8. The lowest BCUT2D eigenvalue weighted by atomic mass is 9.85. The summed E-state index contributed by atoms with van der Waals surface area (Å²) in [4.78, 5) is 26.2. The van der Waals surface area contributed by atoms with Gasteiger partial charge in [-0.3, -0.25) is 9.59 Å². The Kier molecular flexibility index (Phi) is 4.65. The van der Waals surface area contributed by atoms with E-state index in [4.69, 9.17) is 10.5 Å². The zero-order valence-electron chi connectivity index (χ0n) is 12.0. The Hall–Kier alpha value is -1.14. The van der Waals surface area contributed by atoms with Crippen LogP contribution >= 0.6 is 0 Å². The van der Waals surface area contributed by atoms with E-state index in [-0.39, 0.29) is 24.5 Å². The molecule has 0 radical (unpaired) electrons. The summed E-state index contributed by atoms with van der Waals surface area (Å²) in [7, 11) is 1.52. The van der Waals surface area contributed by atoms with Crippen molar-refractivity contribution in [1.29, 1.82) is 0 Å². The standard InChI is InChI=1S/C14H24N2O4/c1-20-9-14(13(15)19)7-2-8-16(14)12(18)10-3-5-11(17)6-4-10/h10-11,17H,2-9H2,1H3,(H2,15,19). The lowest BCUT2D eigenvalue weighted by molar-refractivity contribution is -0.150. The molecule has 0 aromatic rings. The first-order valence-electron chi connectivity index (χ1n) is 7.29. The molecule has 2 fully saturated rings. The molecular formula is C14H24N2O4. The highest BCUT2D eigenvalue weighted by molar-refractivity contribution is 5.92. The summed E-state index contributed by atoms with van der Waals surface area (Å²) in [5.74, 6) is -0.599. The van der Waals surface area contributed by atoms with Crippen molar-refractivity contribution >= 4 is 11.8 Å². The van der Waals surface area contributed by atoms with Gasteiger partial charge in [0, 0.05) is 19.6 Å². The number of amides is 2. The van der Waals surface area contributed by atoms with Crippen LogP contribution in [-0.4, -0.2) is 53.7 Å². The first-order valence-corrected chi connectivity index (χ1v) is 7.29. The number of aliphatic hydroxyl groups excluding tert-OH is 1. The lowest BCUT2D eigenvalue weighted by Crippen LogP contribution is -2.60. The fourth-order valence-corrected chi connectivity index (χ4v) is 3.46. The van der Waals surface area contributed by atoms with Gasteiger partial charge in [0.2, 0.25) is 11.8 Å². The van der Waals surface area contributed by atoms with Crippen LogP contribution < -0.4 is 5.73 Å². The first-order chi connectivity index (χ1) is 9.51. The molecule has 2 rings (SSSR count). The van der Waals surface area contributed by atoms with Crippen molar-refractivity contribution in [3.8, 4) is 0 Å². The van der Waals surface area contributed by atoms with Crippen LogP contribution in [0.15, 0.2) is 0 Å². The van der Waals surface area contributed by atoms with Crippen molar-refractivity contribution in [2.24, 2.45) is 11.7 Å². The lowest BCUT2D eigenvalue weighted by Gasteiger charge is -2.38. The Morgan fingerprint density at radius 2 is 2.00 bits per heavy atom. The number of carbonyl (C=O) groups is 2. The van der Waals surface area contributed by atoms with Crippen molar-refractivity contribution in [3.05, 3.63) is 0 Å². The maximum Gasteiger partial charge on any atom is 0.245 e. The minimum absolute atomic E-state index is 0.00903. The van der Waals surface area contributed by atoms with E-state index >= 15 is 0 Å². The first kappa shape index (κ1) is 15.3. The molecule has 20 heavy (non-hydrogen) atoms. The van der Waals surface area contributed by atoms with E-state index in [1.54, 1.807) is 4.90 Å². The second kappa shape index (κ2) is 6.10. The van der Waals surface area contributed by atoms with Crippen LogP contribution in [0.5, 0.6) is 0 Å². The summed E-state index contributed by atoms with van der Waals surface area (Å²) in [5, 5.41) is 9.53. The Balaban J connectivity index is 2.13. The third-order valence-electron chi connectivity index (χ3n) is 4.64. The summed E-state index contributed by atoms with van der Waals surface area (Å²) in [6.45, 7) is 0.716. The van der Waals surface area contributed by atoms with Crippen LogP contribution in [0.2, 0.25) is 0 Å². The summed E-state index contributed by atoms with van der Waals surface area (Å²) in [6.07, 6.45) is 3.70. The zero-order valence-corrected chi connectivity index (χ0v) is 12.0. The molecule has 0 bridgehead atoms. The van der Waals surface area contributed by atoms with Gasteiger partial charge in [-0.1, -0.05) is 0 Å². The van der Waals surface area contributed by atoms with Crippen LogP contribution in [0.25, 0.3) is 0 Å². The third-order valence-corrected chi connectivity index (χ3v) is 4.64. The van der Waals surface area contributed by atoms with Crippen LogP contribution in [0, 0.1) is 5.92 Å². The molecule has 2 amide bonds. The van der Waals surface area contributed by atoms with Gasteiger partial charge in [0.15, 0.2) is 0 Å². The fraction of sp³-hybridized carbons (Fsp3) is 0.857. The van der Waals surface area contributed by atoms with E-state index in [1.807, 2.05) is 0 Å². The Bertz CT molecular complexity index is 379. The topological polar surface area (TPSA) is 92.9 Å².